The smallest absolute Gasteiger partial charge is 0.163 e. The highest BCUT2D eigenvalue weighted by molar-refractivity contribution is 6.09. The van der Waals surface area contributed by atoms with Crippen LogP contribution >= 0.6 is 12.4 Å². The molecular formula is C22H30ClN3O2. The van der Waals surface area contributed by atoms with Gasteiger partial charge in [-0.15, -0.1) is 12.4 Å². The van der Waals surface area contributed by atoms with Gasteiger partial charge in [0.25, 0.3) is 0 Å². The number of halogens is 1. The number of hydrogen-bond acceptors (Lipinski definition) is 4. The molecule has 0 saturated heterocycles. The summed E-state index contributed by atoms with van der Waals surface area (Å²) in [4.78, 5) is 10.5. The molecular weight excluding hydrogens is 374 g/mol. The zero-order valence-electron chi connectivity index (χ0n) is 17.0. The molecule has 4 rings (SSSR count). The summed E-state index contributed by atoms with van der Waals surface area (Å²) in [6, 6.07) is 6.25. The first-order valence-electron chi connectivity index (χ1n) is 9.93. The van der Waals surface area contributed by atoms with E-state index in [9.17, 15) is 0 Å². The van der Waals surface area contributed by atoms with Gasteiger partial charge in [0, 0.05) is 41.0 Å². The molecule has 3 aromatic rings. The Labute approximate surface area is 172 Å². The molecule has 1 saturated carbocycles. The van der Waals surface area contributed by atoms with Crippen molar-refractivity contribution in [3.8, 4) is 11.5 Å². The average Bonchev–Trinajstić information content (AvgIpc) is 3.31. The standard InChI is InChI=1S/C22H29N3O2.ClH/c1-25(2)11-6-12-27-20-14-18-16(13-19(20)26-3)21-17(24-18)9-10-23-22(21)15-7-4-5-8-15;/h9-10,13-15,24H,4-8,11-12H2,1-3H3;1H. The van der Waals surface area contributed by atoms with Crippen molar-refractivity contribution in [1.82, 2.24) is 14.9 Å². The van der Waals surface area contributed by atoms with Gasteiger partial charge in [0.05, 0.1) is 24.9 Å². The van der Waals surface area contributed by atoms with Gasteiger partial charge < -0.3 is 19.4 Å². The Balaban J connectivity index is 0.00000225. The summed E-state index contributed by atoms with van der Waals surface area (Å²) in [5, 5.41) is 2.43. The van der Waals surface area contributed by atoms with Crippen LogP contribution in [0.5, 0.6) is 11.5 Å². The first kappa shape index (κ1) is 20.7. The van der Waals surface area contributed by atoms with E-state index in [0.29, 0.717) is 12.5 Å². The van der Waals surface area contributed by atoms with Crippen molar-refractivity contribution in [2.24, 2.45) is 0 Å². The van der Waals surface area contributed by atoms with Crippen LogP contribution < -0.4 is 9.47 Å². The van der Waals surface area contributed by atoms with Crippen molar-refractivity contribution >= 4 is 34.2 Å². The number of benzene rings is 1. The number of aromatic amines is 1. The van der Waals surface area contributed by atoms with Crippen molar-refractivity contribution < 1.29 is 9.47 Å². The van der Waals surface area contributed by atoms with Crippen molar-refractivity contribution in [1.29, 1.82) is 0 Å². The number of nitrogens with one attached hydrogen (secondary N) is 1. The number of nitrogens with zero attached hydrogens (tertiary/aromatic N) is 2. The summed E-state index contributed by atoms with van der Waals surface area (Å²) in [5.41, 5.74) is 3.47. The van der Waals surface area contributed by atoms with Gasteiger partial charge in [-0.2, -0.15) is 0 Å². The summed E-state index contributed by atoms with van der Waals surface area (Å²) in [5.74, 6) is 2.15. The van der Waals surface area contributed by atoms with Gasteiger partial charge in [0.1, 0.15) is 0 Å². The Bertz CT molecular complexity index is 932. The molecule has 152 valence electrons. The fourth-order valence-corrected chi connectivity index (χ4v) is 4.22. The van der Waals surface area contributed by atoms with Gasteiger partial charge in [-0.25, -0.2) is 0 Å². The number of fused-ring (bicyclic) bond motifs is 3. The Kier molecular flexibility index (Phi) is 6.68. The predicted octanol–water partition coefficient (Wildman–Crippen LogP) is 5.13. The van der Waals surface area contributed by atoms with Crippen molar-refractivity contribution in [2.45, 2.75) is 38.0 Å². The highest BCUT2D eigenvalue weighted by Gasteiger charge is 2.23. The van der Waals surface area contributed by atoms with Gasteiger partial charge in [-0.3, -0.25) is 4.98 Å². The topological polar surface area (TPSA) is 50.4 Å². The second-order valence-corrected chi connectivity index (χ2v) is 7.78. The molecule has 0 atom stereocenters. The minimum absolute atomic E-state index is 0. The molecule has 1 N–H and O–H groups in total. The van der Waals surface area contributed by atoms with E-state index < -0.39 is 0 Å². The van der Waals surface area contributed by atoms with E-state index in [1.54, 1.807) is 7.11 Å². The molecule has 1 aliphatic rings. The lowest BCUT2D eigenvalue weighted by atomic mass is 9.98. The maximum atomic E-state index is 6.03. The largest absolute Gasteiger partial charge is 0.493 e. The van der Waals surface area contributed by atoms with Crippen LogP contribution in [0.2, 0.25) is 0 Å². The molecule has 0 radical (unpaired) electrons. The number of ether oxygens (including phenoxy) is 2. The Morgan fingerprint density at radius 2 is 1.93 bits per heavy atom. The Morgan fingerprint density at radius 1 is 1.14 bits per heavy atom. The summed E-state index contributed by atoms with van der Waals surface area (Å²) < 4.78 is 11.7. The van der Waals surface area contributed by atoms with E-state index in [4.69, 9.17) is 14.5 Å². The van der Waals surface area contributed by atoms with Gasteiger partial charge in [0.2, 0.25) is 0 Å². The molecule has 1 aliphatic carbocycles. The van der Waals surface area contributed by atoms with Crippen LogP contribution in [0.1, 0.15) is 43.7 Å². The maximum Gasteiger partial charge on any atom is 0.163 e. The van der Waals surface area contributed by atoms with Crippen LogP contribution in [-0.4, -0.2) is 49.2 Å². The average molecular weight is 404 g/mol. The molecule has 0 unspecified atom stereocenters. The lowest BCUT2D eigenvalue weighted by Gasteiger charge is -2.13. The van der Waals surface area contributed by atoms with Crippen molar-refractivity contribution in [2.75, 3.05) is 34.4 Å². The molecule has 0 spiro atoms. The number of pyridine rings is 1. The fourth-order valence-electron chi connectivity index (χ4n) is 4.22. The molecule has 28 heavy (non-hydrogen) atoms. The van der Waals surface area contributed by atoms with E-state index in [2.05, 4.69) is 42.2 Å². The van der Waals surface area contributed by atoms with Gasteiger partial charge in [-0.05, 0) is 45.5 Å². The van der Waals surface area contributed by atoms with Gasteiger partial charge >= 0.3 is 0 Å². The number of H-pyrrole nitrogens is 1. The normalized spacial score (nSPS) is 14.7. The van der Waals surface area contributed by atoms with Crippen LogP contribution in [0.25, 0.3) is 21.8 Å². The zero-order valence-corrected chi connectivity index (χ0v) is 17.8. The summed E-state index contributed by atoms with van der Waals surface area (Å²) >= 11 is 0. The molecule has 6 heteroatoms. The zero-order chi connectivity index (χ0) is 18.8. The number of hydrogen-bond donors (Lipinski definition) is 1. The second-order valence-electron chi connectivity index (χ2n) is 7.78. The number of aromatic nitrogens is 2. The molecule has 2 heterocycles. The van der Waals surface area contributed by atoms with Crippen LogP contribution in [0.15, 0.2) is 24.4 Å². The molecule has 1 fully saturated rings. The molecule has 2 aromatic heterocycles. The maximum absolute atomic E-state index is 6.03. The lowest BCUT2D eigenvalue weighted by molar-refractivity contribution is 0.268. The van der Waals surface area contributed by atoms with Gasteiger partial charge in [0.15, 0.2) is 11.5 Å². The molecule has 5 nitrogen and oxygen atoms in total. The number of rotatable bonds is 7. The van der Waals surface area contributed by atoms with E-state index in [0.717, 1.165) is 35.5 Å². The monoisotopic (exact) mass is 403 g/mol. The first-order valence-corrected chi connectivity index (χ1v) is 9.93. The van der Waals surface area contributed by atoms with E-state index in [1.807, 2.05) is 6.20 Å². The quantitative estimate of drug-likeness (QED) is 0.555. The minimum atomic E-state index is 0. The summed E-state index contributed by atoms with van der Waals surface area (Å²) in [6.45, 7) is 1.68. The van der Waals surface area contributed by atoms with Crippen LogP contribution in [0.4, 0.5) is 0 Å². The molecule has 0 aliphatic heterocycles. The summed E-state index contributed by atoms with van der Waals surface area (Å²) in [6.07, 6.45) is 8.00. The van der Waals surface area contributed by atoms with Crippen LogP contribution in [0, 0.1) is 0 Å². The van der Waals surface area contributed by atoms with E-state index >= 15 is 0 Å². The van der Waals surface area contributed by atoms with Gasteiger partial charge in [-0.1, -0.05) is 12.8 Å². The summed E-state index contributed by atoms with van der Waals surface area (Å²) in [7, 11) is 5.86. The third-order valence-electron chi connectivity index (χ3n) is 5.57. The lowest BCUT2D eigenvalue weighted by Crippen LogP contribution is -2.15. The molecule has 0 bridgehead atoms. The first-order chi connectivity index (χ1) is 13.2. The number of methoxy groups -OCH3 is 1. The molecule has 1 aromatic carbocycles. The van der Waals surface area contributed by atoms with Crippen LogP contribution in [0.3, 0.4) is 0 Å². The Hall–Kier alpha value is -1.98. The third kappa shape index (κ3) is 4.06. The highest BCUT2D eigenvalue weighted by atomic mass is 35.5. The van der Waals surface area contributed by atoms with Crippen molar-refractivity contribution in [3.63, 3.8) is 0 Å². The Morgan fingerprint density at radius 3 is 2.64 bits per heavy atom. The predicted molar refractivity (Wildman–Crippen MR) is 117 cm³/mol. The third-order valence-corrected chi connectivity index (χ3v) is 5.57. The fraction of sp³-hybridized carbons (Fsp3) is 0.500. The SMILES string of the molecule is COc1cc2c(cc1OCCCN(C)C)[nH]c1ccnc(C3CCCC3)c12.Cl. The van der Waals surface area contributed by atoms with E-state index in [-0.39, 0.29) is 12.4 Å². The van der Waals surface area contributed by atoms with Crippen LogP contribution in [-0.2, 0) is 0 Å². The van der Waals surface area contributed by atoms with Crippen molar-refractivity contribution in [3.05, 3.63) is 30.1 Å². The van der Waals surface area contributed by atoms with E-state index in [1.165, 1.54) is 42.1 Å². The second kappa shape index (κ2) is 9.01. The highest BCUT2D eigenvalue weighted by Crippen LogP contribution is 2.41. The molecule has 0 amide bonds. The minimum Gasteiger partial charge on any atom is -0.493 e.